The largest absolute Gasteiger partial charge is 0.480 e. The number of halogens is 1. The summed E-state index contributed by atoms with van der Waals surface area (Å²) in [7, 11) is 0. The first-order valence-corrected chi connectivity index (χ1v) is 11.6. The Labute approximate surface area is 194 Å². The lowest BCUT2D eigenvalue weighted by Crippen LogP contribution is -2.23. The molecule has 1 heterocycles. The molecule has 33 heavy (non-hydrogen) atoms. The Morgan fingerprint density at radius 3 is 2.45 bits per heavy atom. The van der Waals surface area contributed by atoms with E-state index in [1.807, 2.05) is 61.0 Å². The van der Waals surface area contributed by atoms with E-state index in [9.17, 15) is 4.79 Å². The lowest BCUT2D eigenvalue weighted by Gasteiger charge is -2.28. The SMILES string of the molecule is Cc1ccc(-c2c(-c3ccccc3)c(C)nn2C[C@H]2CC[C@@H](COCC(=O)O)CC2)c(F)c1. The van der Waals surface area contributed by atoms with Crippen molar-refractivity contribution in [1.82, 2.24) is 9.78 Å². The molecule has 4 rings (SSSR count). The van der Waals surface area contributed by atoms with Gasteiger partial charge in [0, 0.05) is 17.7 Å². The van der Waals surface area contributed by atoms with Crippen LogP contribution < -0.4 is 0 Å². The Kier molecular flexibility index (Phi) is 7.23. The number of aryl methyl sites for hydroxylation is 2. The van der Waals surface area contributed by atoms with Gasteiger partial charge < -0.3 is 9.84 Å². The van der Waals surface area contributed by atoms with E-state index in [0.717, 1.165) is 60.3 Å². The van der Waals surface area contributed by atoms with Crippen molar-refractivity contribution >= 4 is 5.97 Å². The van der Waals surface area contributed by atoms with Crippen LogP contribution in [-0.2, 0) is 16.1 Å². The lowest BCUT2D eigenvalue weighted by molar-refractivity contribution is -0.142. The highest BCUT2D eigenvalue weighted by Gasteiger charge is 2.26. The number of ether oxygens (including phenoxy) is 1. The van der Waals surface area contributed by atoms with Crippen molar-refractivity contribution in [3.8, 4) is 22.4 Å². The highest BCUT2D eigenvalue weighted by Crippen LogP contribution is 2.38. The Bertz CT molecular complexity index is 1100. The molecule has 1 N–H and O–H groups in total. The Morgan fingerprint density at radius 2 is 1.79 bits per heavy atom. The first kappa shape index (κ1) is 23.2. The van der Waals surface area contributed by atoms with Crippen LogP contribution in [-0.4, -0.2) is 34.1 Å². The van der Waals surface area contributed by atoms with Crippen molar-refractivity contribution in [1.29, 1.82) is 0 Å². The molecule has 1 fully saturated rings. The average Bonchev–Trinajstić information content (AvgIpc) is 3.10. The van der Waals surface area contributed by atoms with Gasteiger partial charge in [-0.2, -0.15) is 5.10 Å². The molecular weight excluding hydrogens is 419 g/mol. The molecule has 174 valence electrons. The second-order valence-corrected chi connectivity index (χ2v) is 9.14. The number of carbonyl (C=O) groups is 1. The number of carboxylic acids is 1. The quantitative estimate of drug-likeness (QED) is 0.465. The topological polar surface area (TPSA) is 64.4 Å². The summed E-state index contributed by atoms with van der Waals surface area (Å²) in [4.78, 5) is 10.7. The van der Waals surface area contributed by atoms with Gasteiger partial charge >= 0.3 is 5.97 Å². The second kappa shape index (κ2) is 10.3. The van der Waals surface area contributed by atoms with E-state index in [4.69, 9.17) is 14.9 Å². The first-order valence-electron chi connectivity index (χ1n) is 11.6. The number of aliphatic carboxylic acids is 1. The molecule has 0 atom stereocenters. The van der Waals surface area contributed by atoms with Crippen LogP contribution in [0.5, 0.6) is 0 Å². The normalized spacial score (nSPS) is 18.4. The Morgan fingerprint density at radius 1 is 1.09 bits per heavy atom. The number of nitrogens with zero attached hydrogens (tertiary/aromatic N) is 2. The molecular formula is C27H31FN2O3. The van der Waals surface area contributed by atoms with Crippen LogP contribution in [0.1, 0.15) is 36.9 Å². The zero-order valence-corrected chi connectivity index (χ0v) is 19.3. The third-order valence-electron chi connectivity index (χ3n) is 6.55. The maximum Gasteiger partial charge on any atom is 0.329 e. The molecule has 0 aliphatic heterocycles. The van der Waals surface area contributed by atoms with Crippen LogP contribution in [0, 0.1) is 31.5 Å². The Balaban J connectivity index is 1.58. The van der Waals surface area contributed by atoms with E-state index in [2.05, 4.69) is 0 Å². The number of aromatic nitrogens is 2. The van der Waals surface area contributed by atoms with Gasteiger partial charge in [-0.3, -0.25) is 4.68 Å². The molecule has 1 aliphatic carbocycles. The van der Waals surface area contributed by atoms with Gasteiger partial charge in [0.1, 0.15) is 12.4 Å². The van der Waals surface area contributed by atoms with E-state index in [0.29, 0.717) is 24.0 Å². The van der Waals surface area contributed by atoms with Crippen LogP contribution in [0.3, 0.4) is 0 Å². The van der Waals surface area contributed by atoms with Gasteiger partial charge in [0.05, 0.1) is 18.0 Å². The molecule has 1 saturated carbocycles. The predicted molar refractivity (Wildman–Crippen MR) is 126 cm³/mol. The fourth-order valence-corrected chi connectivity index (χ4v) is 4.89. The number of hydrogen-bond donors (Lipinski definition) is 1. The molecule has 1 aliphatic rings. The van der Waals surface area contributed by atoms with E-state index in [1.54, 1.807) is 6.07 Å². The van der Waals surface area contributed by atoms with Crippen LogP contribution in [0.2, 0.25) is 0 Å². The Hall–Kier alpha value is -2.99. The molecule has 0 unspecified atom stereocenters. The zero-order chi connectivity index (χ0) is 23.4. The van der Waals surface area contributed by atoms with Crippen molar-refractivity contribution in [2.75, 3.05) is 13.2 Å². The van der Waals surface area contributed by atoms with Crippen molar-refractivity contribution in [3.63, 3.8) is 0 Å². The highest BCUT2D eigenvalue weighted by molar-refractivity contribution is 5.83. The summed E-state index contributed by atoms with van der Waals surface area (Å²) in [5.41, 5.74) is 5.22. The van der Waals surface area contributed by atoms with Crippen molar-refractivity contribution < 1.29 is 19.0 Å². The summed E-state index contributed by atoms with van der Waals surface area (Å²) in [5.74, 6) is -0.319. The standard InChI is InChI=1S/C27H31FN2O3/c1-18-8-13-23(24(28)14-18)27-26(22-6-4-3-5-7-22)19(2)29-30(27)15-20-9-11-21(12-10-20)16-33-17-25(31)32/h3-8,13-14,20-21H,9-12,15-17H2,1-2H3,(H,31,32)/t20-,21+. The molecule has 0 amide bonds. The van der Waals surface area contributed by atoms with E-state index < -0.39 is 5.97 Å². The van der Waals surface area contributed by atoms with Crippen molar-refractivity contribution in [2.24, 2.45) is 11.8 Å². The fourth-order valence-electron chi connectivity index (χ4n) is 4.89. The van der Waals surface area contributed by atoms with E-state index in [-0.39, 0.29) is 12.4 Å². The van der Waals surface area contributed by atoms with Crippen molar-refractivity contribution in [3.05, 3.63) is 65.6 Å². The minimum absolute atomic E-state index is 0.229. The summed E-state index contributed by atoms with van der Waals surface area (Å²) in [6, 6.07) is 15.5. The summed E-state index contributed by atoms with van der Waals surface area (Å²) in [6.07, 6.45) is 4.06. The molecule has 2 aromatic carbocycles. The van der Waals surface area contributed by atoms with Crippen LogP contribution in [0.25, 0.3) is 22.4 Å². The fraction of sp³-hybridized carbons (Fsp3) is 0.407. The molecule has 0 radical (unpaired) electrons. The number of carboxylic acid groups (broad SMARTS) is 1. The maximum absolute atomic E-state index is 15.1. The highest BCUT2D eigenvalue weighted by atomic mass is 19.1. The molecule has 5 nitrogen and oxygen atoms in total. The summed E-state index contributed by atoms with van der Waals surface area (Å²) >= 11 is 0. The number of rotatable bonds is 8. The smallest absolute Gasteiger partial charge is 0.329 e. The lowest BCUT2D eigenvalue weighted by atomic mass is 9.82. The minimum atomic E-state index is -0.928. The monoisotopic (exact) mass is 450 g/mol. The molecule has 1 aromatic heterocycles. The van der Waals surface area contributed by atoms with Gasteiger partial charge in [0.2, 0.25) is 0 Å². The molecule has 0 bridgehead atoms. The van der Waals surface area contributed by atoms with Crippen LogP contribution in [0.15, 0.2) is 48.5 Å². The first-order chi connectivity index (χ1) is 15.9. The molecule has 0 saturated heterocycles. The maximum atomic E-state index is 15.1. The van der Waals surface area contributed by atoms with Crippen molar-refractivity contribution in [2.45, 2.75) is 46.1 Å². The third kappa shape index (κ3) is 5.50. The van der Waals surface area contributed by atoms with Gasteiger partial charge in [-0.15, -0.1) is 0 Å². The number of benzene rings is 2. The predicted octanol–water partition coefficient (Wildman–Crippen LogP) is 5.88. The van der Waals surface area contributed by atoms with Gasteiger partial charge in [-0.25, -0.2) is 9.18 Å². The van der Waals surface area contributed by atoms with E-state index in [1.165, 1.54) is 0 Å². The van der Waals surface area contributed by atoms with Crippen LogP contribution >= 0.6 is 0 Å². The van der Waals surface area contributed by atoms with Crippen LogP contribution in [0.4, 0.5) is 4.39 Å². The van der Waals surface area contributed by atoms with E-state index >= 15 is 4.39 Å². The summed E-state index contributed by atoms with van der Waals surface area (Å²) in [6.45, 7) is 4.88. The van der Waals surface area contributed by atoms with Gasteiger partial charge in [-0.05, 0) is 74.6 Å². The second-order valence-electron chi connectivity index (χ2n) is 9.14. The molecule has 3 aromatic rings. The van der Waals surface area contributed by atoms with Gasteiger partial charge in [-0.1, -0.05) is 36.4 Å². The molecule has 6 heteroatoms. The van der Waals surface area contributed by atoms with Gasteiger partial charge in [0.15, 0.2) is 0 Å². The molecule has 0 spiro atoms. The summed E-state index contributed by atoms with van der Waals surface area (Å²) < 4.78 is 22.4. The number of hydrogen-bond acceptors (Lipinski definition) is 3. The summed E-state index contributed by atoms with van der Waals surface area (Å²) in [5, 5.41) is 13.6. The third-order valence-corrected chi connectivity index (χ3v) is 6.55. The zero-order valence-electron chi connectivity index (χ0n) is 19.3. The average molecular weight is 451 g/mol. The van der Waals surface area contributed by atoms with Gasteiger partial charge in [0.25, 0.3) is 0 Å². The minimum Gasteiger partial charge on any atom is -0.480 e.